The summed E-state index contributed by atoms with van der Waals surface area (Å²) in [7, 11) is -0.945. The molecule has 0 bridgehead atoms. The molecule has 7 nitrogen and oxygen atoms in total. The van der Waals surface area contributed by atoms with Crippen LogP contribution in [0.1, 0.15) is 11.1 Å². The third-order valence-electron chi connectivity index (χ3n) is 4.13. The number of sulfonamides is 1. The predicted octanol–water partition coefficient (Wildman–Crippen LogP) is 3.06. The zero-order valence-electron chi connectivity index (χ0n) is 15.3. The normalized spacial score (nSPS) is 11.2. The number of rotatable bonds is 7. The van der Waals surface area contributed by atoms with E-state index in [1.807, 2.05) is 31.2 Å². The van der Waals surface area contributed by atoms with Crippen LogP contribution in [-0.4, -0.2) is 32.4 Å². The van der Waals surface area contributed by atoms with Gasteiger partial charge in [-0.25, -0.2) is 8.42 Å². The number of aromatic nitrogens is 2. The maximum Gasteiger partial charge on any atom is 0.266 e. The van der Waals surface area contributed by atoms with Crippen molar-refractivity contribution in [2.24, 2.45) is 0 Å². The van der Waals surface area contributed by atoms with Gasteiger partial charge in [0.2, 0.25) is 0 Å². The van der Waals surface area contributed by atoms with Gasteiger partial charge in [0.25, 0.3) is 10.0 Å². The molecule has 3 aromatic rings. The molecule has 2 aromatic carbocycles. The number of nitrogens with zero attached hydrogens (tertiary/aromatic N) is 2. The van der Waals surface area contributed by atoms with Crippen molar-refractivity contribution in [2.75, 3.05) is 18.9 Å². The SMILES string of the molecule is COc1ccc(S(=O)(=O)Nc2ccn(Cc3ccccc3C)n2)c(OC)c1. The molecule has 0 saturated carbocycles. The molecule has 0 atom stereocenters. The summed E-state index contributed by atoms with van der Waals surface area (Å²) in [6, 6.07) is 14.1. The fourth-order valence-corrected chi connectivity index (χ4v) is 3.80. The summed E-state index contributed by atoms with van der Waals surface area (Å²) in [5, 5.41) is 4.31. The van der Waals surface area contributed by atoms with Crippen LogP contribution < -0.4 is 14.2 Å². The predicted molar refractivity (Wildman–Crippen MR) is 103 cm³/mol. The topological polar surface area (TPSA) is 82.5 Å². The monoisotopic (exact) mass is 387 g/mol. The van der Waals surface area contributed by atoms with Crippen LogP contribution in [0.2, 0.25) is 0 Å². The summed E-state index contributed by atoms with van der Waals surface area (Å²) in [4.78, 5) is 0.0132. The van der Waals surface area contributed by atoms with Crippen molar-refractivity contribution in [1.29, 1.82) is 0 Å². The minimum atomic E-state index is -3.86. The molecule has 1 heterocycles. The molecule has 27 heavy (non-hydrogen) atoms. The highest BCUT2D eigenvalue weighted by atomic mass is 32.2. The van der Waals surface area contributed by atoms with Crippen LogP contribution in [0.3, 0.4) is 0 Å². The van der Waals surface area contributed by atoms with E-state index in [0.717, 1.165) is 11.1 Å². The molecule has 0 aliphatic rings. The highest BCUT2D eigenvalue weighted by Gasteiger charge is 2.21. The van der Waals surface area contributed by atoms with Crippen LogP contribution in [-0.2, 0) is 16.6 Å². The third-order valence-corrected chi connectivity index (χ3v) is 5.53. The summed E-state index contributed by atoms with van der Waals surface area (Å²) < 4.78 is 39.9. The van der Waals surface area contributed by atoms with Crippen molar-refractivity contribution >= 4 is 15.8 Å². The number of benzene rings is 2. The van der Waals surface area contributed by atoms with Crippen molar-refractivity contribution in [1.82, 2.24) is 9.78 Å². The van der Waals surface area contributed by atoms with Gasteiger partial charge in [0.05, 0.1) is 20.8 Å². The van der Waals surface area contributed by atoms with E-state index in [9.17, 15) is 8.42 Å². The van der Waals surface area contributed by atoms with E-state index in [4.69, 9.17) is 9.47 Å². The second-order valence-corrected chi connectivity index (χ2v) is 7.60. The molecule has 0 amide bonds. The lowest BCUT2D eigenvalue weighted by atomic mass is 10.1. The molecule has 0 saturated heterocycles. The van der Waals surface area contributed by atoms with Gasteiger partial charge in [0, 0.05) is 18.3 Å². The maximum atomic E-state index is 12.7. The van der Waals surface area contributed by atoms with E-state index >= 15 is 0 Å². The molecule has 8 heteroatoms. The van der Waals surface area contributed by atoms with Crippen molar-refractivity contribution in [3.05, 3.63) is 65.9 Å². The van der Waals surface area contributed by atoms with Crippen molar-refractivity contribution in [2.45, 2.75) is 18.4 Å². The first-order chi connectivity index (χ1) is 12.9. The Morgan fingerprint density at radius 3 is 2.56 bits per heavy atom. The Bertz CT molecular complexity index is 1040. The third kappa shape index (κ3) is 4.22. The van der Waals surface area contributed by atoms with Gasteiger partial charge in [-0.15, -0.1) is 0 Å². The lowest BCUT2D eigenvalue weighted by Crippen LogP contribution is -2.15. The second-order valence-electron chi connectivity index (χ2n) is 5.95. The average Bonchev–Trinajstić information content (AvgIpc) is 3.09. The number of nitrogens with one attached hydrogen (secondary N) is 1. The largest absolute Gasteiger partial charge is 0.497 e. The van der Waals surface area contributed by atoms with Crippen LogP contribution in [0, 0.1) is 6.92 Å². The van der Waals surface area contributed by atoms with Gasteiger partial charge in [0.15, 0.2) is 5.82 Å². The molecule has 1 aromatic heterocycles. The number of ether oxygens (including phenoxy) is 2. The molecule has 142 valence electrons. The number of hydrogen-bond donors (Lipinski definition) is 1. The molecule has 0 spiro atoms. The first-order valence-electron chi connectivity index (χ1n) is 8.26. The van der Waals surface area contributed by atoms with Gasteiger partial charge in [-0.1, -0.05) is 24.3 Å². The van der Waals surface area contributed by atoms with Gasteiger partial charge in [-0.2, -0.15) is 5.10 Å². The van der Waals surface area contributed by atoms with Gasteiger partial charge in [-0.05, 0) is 30.2 Å². The first-order valence-corrected chi connectivity index (χ1v) is 9.74. The standard InChI is InChI=1S/C19H21N3O4S/c1-14-6-4-5-7-15(14)13-22-11-10-19(20-22)21-27(23,24)18-9-8-16(25-2)12-17(18)26-3/h4-12H,13H2,1-3H3,(H,20,21). The molecule has 3 rings (SSSR count). The molecule has 1 N–H and O–H groups in total. The van der Waals surface area contributed by atoms with Gasteiger partial charge >= 0.3 is 0 Å². The van der Waals surface area contributed by atoms with E-state index in [1.165, 1.54) is 26.4 Å². The summed E-state index contributed by atoms with van der Waals surface area (Å²) in [5.74, 6) is 0.941. The molecular formula is C19H21N3O4S. The Balaban J connectivity index is 1.81. The van der Waals surface area contributed by atoms with Crippen LogP contribution in [0.5, 0.6) is 11.5 Å². The smallest absolute Gasteiger partial charge is 0.266 e. The summed E-state index contributed by atoms with van der Waals surface area (Å²) in [6.07, 6.45) is 1.73. The summed E-state index contributed by atoms with van der Waals surface area (Å²) >= 11 is 0. The number of methoxy groups -OCH3 is 2. The minimum Gasteiger partial charge on any atom is -0.497 e. The zero-order valence-corrected chi connectivity index (χ0v) is 16.2. The lowest BCUT2D eigenvalue weighted by Gasteiger charge is -2.11. The van der Waals surface area contributed by atoms with Crippen LogP contribution in [0.15, 0.2) is 59.6 Å². The Kier molecular flexibility index (Phi) is 5.36. The van der Waals surface area contributed by atoms with Crippen molar-refractivity contribution in [3.63, 3.8) is 0 Å². The van der Waals surface area contributed by atoms with E-state index in [-0.39, 0.29) is 16.5 Å². The van der Waals surface area contributed by atoms with Crippen molar-refractivity contribution in [3.8, 4) is 11.5 Å². The minimum absolute atomic E-state index is 0.0132. The average molecular weight is 387 g/mol. The van der Waals surface area contributed by atoms with Crippen LogP contribution >= 0.6 is 0 Å². The second kappa shape index (κ2) is 7.71. The van der Waals surface area contributed by atoms with E-state index in [2.05, 4.69) is 9.82 Å². The fraction of sp³-hybridized carbons (Fsp3) is 0.211. The Morgan fingerprint density at radius 2 is 1.85 bits per heavy atom. The molecule has 0 radical (unpaired) electrons. The van der Waals surface area contributed by atoms with Gasteiger partial charge < -0.3 is 9.47 Å². The van der Waals surface area contributed by atoms with Gasteiger partial charge in [0.1, 0.15) is 16.4 Å². The zero-order chi connectivity index (χ0) is 19.4. The number of aryl methyl sites for hydroxylation is 1. The van der Waals surface area contributed by atoms with Crippen molar-refractivity contribution < 1.29 is 17.9 Å². The Labute approximate surface area is 158 Å². The molecule has 0 aliphatic heterocycles. The van der Waals surface area contributed by atoms with Crippen LogP contribution in [0.4, 0.5) is 5.82 Å². The molecule has 0 unspecified atom stereocenters. The van der Waals surface area contributed by atoms with E-state index in [0.29, 0.717) is 12.3 Å². The number of anilines is 1. The highest BCUT2D eigenvalue weighted by molar-refractivity contribution is 7.92. The lowest BCUT2D eigenvalue weighted by molar-refractivity contribution is 0.386. The van der Waals surface area contributed by atoms with E-state index < -0.39 is 10.0 Å². The van der Waals surface area contributed by atoms with E-state index in [1.54, 1.807) is 23.0 Å². The quantitative estimate of drug-likeness (QED) is 0.674. The summed E-state index contributed by atoms with van der Waals surface area (Å²) in [6.45, 7) is 2.58. The Morgan fingerprint density at radius 1 is 1.07 bits per heavy atom. The summed E-state index contributed by atoms with van der Waals surface area (Å²) in [5.41, 5.74) is 2.27. The van der Waals surface area contributed by atoms with Crippen LogP contribution in [0.25, 0.3) is 0 Å². The highest BCUT2D eigenvalue weighted by Crippen LogP contribution is 2.29. The molecule has 0 fully saturated rings. The molecular weight excluding hydrogens is 366 g/mol. The van der Waals surface area contributed by atoms with Gasteiger partial charge in [-0.3, -0.25) is 9.40 Å². The Hall–Kier alpha value is -3.00. The fourth-order valence-electron chi connectivity index (χ4n) is 2.66. The maximum absolute atomic E-state index is 12.7. The first kappa shape index (κ1) is 18.8. The number of hydrogen-bond acceptors (Lipinski definition) is 5. The molecule has 0 aliphatic carbocycles.